The normalized spacial score (nSPS) is 11.8. The van der Waals surface area contributed by atoms with Crippen LogP contribution in [0.25, 0.3) is 0 Å². The number of rotatable bonds is 2. The minimum absolute atomic E-state index is 0.344. The average Bonchev–Trinajstić information content (AvgIpc) is 2.35. The Morgan fingerprint density at radius 3 is 2.24 bits per heavy atom. The minimum Gasteiger partial charge on any atom is -0.197 e. The van der Waals surface area contributed by atoms with Gasteiger partial charge in [0.05, 0.1) is 17.5 Å². The molecule has 3 nitrogen and oxygen atoms in total. The molecule has 0 aliphatic heterocycles. The molecule has 1 heterocycles. The number of nitriles is 1. The smallest absolute Gasteiger partial charge is 0.115 e. The highest BCUT2D eigenvalue weighted by atomic mass is 15.1. The number of hydrogen-bond donors (Lipinski definition) is 0. The quantitative estimate of drug-likeness (QED) is 0.786. The molecular weight excluding hydrogens is 210 g/mol. The Morgan fingerprint density at radius 1 is 1.00 bits per heavy atom. The lowest BCUT2D eigenvalue weighted by Gasteiger charge is -2.08. The molecule has 0 fully saturated rings. The molecule has 1 aromatic heterocycles. The van der Waals surface area contributed by atoms with Crippen molar-refractivity contribution in [3.63, 3.8) is 0 Å². The molecule has 0 saturated carbocycles. The maximum absolute atomic E-state index is 9.25. The van der Waals surface area contributed by atoms with E-state index >= 15 is 0 Å². The summed E-state index contributed by atoms with van der Waals surface area (Å²) >= 11 is 0. The van der Waals surface area contributed by atoms with Crippen LogP contribution in [0.1, 0.15) is 28.4 Å². The summed E-state index contributed by atoms with van der Waals surface area (Å²) in [6.45, 7) is 3.90. The van der Waals surface area contributed by atoms with Gasteiger partial charge in [-0.25, -0.2) is 0 Å². The van der Waals surface area contributed by atoms with Crippen LogP contribution in [0.5, 0.6) is 0 Å². The highest BCUT2D eigenvalue weighted by molar-refractivity contribution is 5.35. The maximum atomic E-state index is 9.25. The molecule has 84 valence electrons. The van der Waals surface area contributed by atoms with Crippen LogP contribution in [0.3, 0.4) is 0 Å². The average molecular weight is 223 g/mol. The van der Waals surface area contributed by atoms with Crippen LogP contribution >= 0.6 is 0 Å². The lowest BCUT2D eigenvalue weighted by Crippen LogP contribution is -2.03. The molecule has 2 aromatic rings. The van der Waals surface area contributed by atoms with Crippen LogP contribution in [0.2, 0.25) is 0 Å². The summed E-state index contributed by atoms with van der Waals surface area (Å²) in [7, 11) is 0. The van der Waals surface area contributed by atoms with Gasteiger partial charge in [-0.1, -0.05) is 29.8 Å². The summed E-state index contributed by atoms with van der Waals surface area (Å²) in [5.41, 5.74) is 3.69. The lowest BCUT2D eigenvalue weighted by molar-refractivity contribution is 0.865. The molecule has 2 rings (SSSR count). The van der Waals surface area contributed by atoms with E-state index in [0.29, 0.717) is 5.69 Å². The highest BCUT2D eigenvalue weighted by Crippen LogP contribution is 2.22. The minimum atomic E-state index is -0.344. The van der Waals surface area contributed by atoms with E-state index < -0.39 is 0 Å². The molecule has 1 aromatic carbocycles. The zero-order valence-electron chi connectivity index (χ0n) is 9.88. The Labute approximate surface area is 101 Å². The Balaban J connectivity index is 2.37. The third-order valence-electron chi connectivity index (χ3n) is 2.65. The first kappa shape index (κ1) is 11.3. The monoisotopic (exact) mass is 223 g/mol. The van der Waals surface area contributed by atoms with Crippen LogP contribution in [0, 0.1) is 25.2 Å². The van der Waals surface area contributed by atoms with Crippen molar-refractivity contribution in [1.29, 1.82) is 5.26 Å². The van der Waals surface area contributed by atoms with Gasteiger partial charge in [-0.05, 0) is 31.5 Å². The van der Waals surface area contributed by atoms with Gasteiger partial charge in [0.15, 0.2) is 0 Å². The molecule has 1 atom stereocenters. The van der Waals surface area contributed by atoms with Gasteiger partial charge in [0.2, 0.25) is 0 Å². The van der Waals surface area contributed by atoms with Gasteiger partial charge in [-0.3, -0.25) is 0 Å². The molecule has 17 heavy (non-hydrogen) atoms. The second kappa shape index (κ2) is 4.75. The number of aromatic nitrogens is 2. The molecule has 0 saturated heterocycles. The molecule has 0 aliphatic rings. The van der Waals surface area contributed by atoms with Gasteiger partial charge in [0.25, 0.3) is 0 Å². The fraction of sp³-hybridized carbons (Fsp3) is 0.214. The zero-order valence-corrected chi connectivity index (χ0v) is 9.88. The van der Waals surface area contributed by atoms with E-state index in [4.69, 9.17) is 0 Å². The van der Waals surface area contributed by atoms with Crippen LogP contribution in [0.15, 0.2) is 36.4 Å². The lowest BCUT2D eigenvalue weighted by atomic mass is 9.96. The largest absolute Gasteiger partial charge is 0.197 e. The third kappa shape index (κ3) is 2.48. The van der Waals surface area contributed by atoms with Crippen molar-refractivity contribution in [3.05, 3.63) is 58.9 Å². The Bertz CT molecular complexity index is 490. The fourth-order valence-corrected chi connectivity index (χ4v) is 1.63. The second-order valence-electron chi connectivity index (χ2n) is 4.07. The van der Waals surface area contributed by atoms with Crippen molar-refractivity contribution in [1.82, 2.24) is 10.2 Å². The van der Waals surface area contributed by atoms with Crippen LogP contribution in [0.4, 0.5) is 0 Å². The van der Waals surface area contributed by atoms with Crippen molar-refractivity contribution < 1.29 is 0 Å². The molecule has 0 bridgehead atoms. The van der Waals surface area contributed by atoms with Crippen molar-refractivity contribution in [2.45, 2.75) is 19.8 Å². The molecular formula is C14H13N3. The number of benzene rings is 1. The summed E-state index contributed by atoms with van der Waals surface area (Å²) in [4.78, 5) is 0. The molecule has 1 unspecified atom stereocenters. The molecule has 0 N–H and O–H groups in total. The van der Waals surface area contributed by atoms with E-state index in [1.807, 2.05) is 50.2 Å². The van der Waals surface area contributed by atoms with E-state index in [1.54, 1.807) is 0 Å². The summed E-state index contributed by atoms with van der Waals surface area (Å²) in [6, 6.07) is 13.9. The predicted molar refractivity (Wildman–Crippen MR) is 65.4 cm³/mol. The molecule has 0 amide bonds. The van der Waals surface area contributed by atoms with Gasteiger partial charge >= 0.3 is 0 Å². The predicted octanol–water partition coefficient (Wildman–Crippen LogP) is 2.75. The van der Waals surface area contributed by atoms with Gasteiger partial charge < -0.3 is 0 Å². The first-order valence-corrected chi connectivity index (χ1v) is 5.47. The first-order chi connectivity index (χ1) is 8.20. The number of nitrogens with zero attached hydrogens (tertiary/aromatic N) is 3. The van der Waals surface area contributed by atoms with Crippen molar-refractivity contribution >= 4 is 0 Å². The van der Waals surface area contributed by atoms with E-state index in [0.717, 1.165) is 11.3 Å². The third-order valence-corrected chi connectivity index (χ3v) is 2.65. The Hall–Kier alpha value is -2.21. The topological polar surface area (TPSA) is 49.6 Å². The first-order valence-electron chi connectivity index (χ1n) is 5.47. The van der Waals surface area contributed by atoms with Crippen LogP contribution in [-0.2, 0) is 0 Å². The highest BCUT2D eigenvalue weighted by Gasteiger charge is 2.14. The molecule has 0 radical (unpaired) electrons. The second-order valence-corrected chi connectivity index (χ2v) is 4.07. The van der Waals surface area contributed by atoms with E-state index in [-0.39, 0.29) is 5.92 Å². The Kier molecular flexibility index (Phi) is 3.15. The number of hydrogen-bond acceptors (Lipinski definition) is 3. The van der Waals surface area contributed by atoms with E-state index in [1.165, 1.54) is 5.56 Å². The van der Waals surface area contributed by atoms with Gasteiger partial charge in [0.1, 0.15) is 5.92 Å². The van der Waals surface area contributed by atoms with Crippen molar-refractivity contribution in [2.24, 2.45) is 0 Å². The van der Waals surface area contributed by atoms with Crippen molar-refractivity contribution in [2.75, 3.05) is 0 Å². The molecule has 3 heteroatoms. The number of aryl methyl sites for hydroxylation is 2. The van der Waals surface area contributed by atoms with E-state index in [2.05, 4.69) is 16.3 Å². The van der Waals surface area contributed by atoms with Crippen molar-refractivity contribution in [3.8, 4) is 6.07 Å². The SMILES string of the molecule is Cc1ccc(C(C#N)c2ccc(C)nn2)cc1. The van der Waals surface area contributed by atoms with Gasteiger partial charge in [0, 0.05) is 0 Å². The van der Waals surface area contributed by atoms with E-state index in [9.17, 15) is 5.26 Å². The molecule has 0 aliphatic carbocycles. The summed E-state index contributed by atoms with van der Waals surface area (Å²) in [5.74, 6) is -0.344. The molecule has 0 spiro atoms. The van der Waals surface area contributed by atoms with Crippen LogP contribution < -0.4 is 0 Å². The summed E-state index contributed by atoms with van der Waals surface area (Å²) in [6.07, 6.45) is 0. The Morgan fingerprint density at radius 2 is 1.71 bits per heavy atom. The summed E-state index contributed by atoms with van der Waals surface area (Å²) in [5, 5.41) is 17.3. The maximum Gasteiger partial charge on any atom is 0.115 e. The van der Waals surface area contributed by atoms with Gasteiger partial charge in [-0.2, -0.15) is 15.5 Å². The zero-order chi connectivity index (χ0) is 12.3. The standard InChI is InChI=1S/C14H13N3/c1-10-3-6-12(7-4-10)13(9-15)14-8-5-11(2)16-17-14/h3-8,13H,1-2H3. The van der Waals surface area contributed by atoms with Crippen LogP contribution in [-0.4, -0.2) is 10.2 Å². The fourth-order valence-electron chi connectivity index (χ4n) is 1.63. The van der Waals surface area contributed by atoms with Gasteiger partial charge in [-0.15, -0.1) is 0 Å². The summed E-state index contributed by atoms with van der Waals surface area (Å²) < 4.78 is 0.